The largest absolute Gasteiger partial charge is 0.366 e. The van der Waals surface area contributed by atoms with E-state index in [1.807, 2.05) is 6.92 Å². The van der Waals surface area contributed by atoms with Gasteiger partial charge in [0.25, 0.3) is 0 Å². The summed E-state index contributed by atoms with van der Waals surface area (Å²) in [5.41, 5.74) is -1.28. The van der Waals surface area contributed by atoms with Gasteiger partial charge in [0.05, 0.1) is 12.7 Å². The minimum Gasteiger partial charge on any atom is -0.366 e. The smallest absolute Gasteiger partial charge is 0.161 e. The number of fused-ring (bicyclic) bond motifs is 1. The molecule has 3 aliphatic rings. The maximum Gasteiger partial charge on any atom is 0.161 e. The number of hydrogen-bond acceptors (Lipinski definition) is 4. The molecule has 1 heterocycles. The fraction of sp³-hybridized carbons (Fsp3) is 0.870. The lowest BCUT2D eigenvalue weighted by molar-refractivity contribution is -0.302. The van der Waals surface area contributed by atoms with Crippen LogP contribution in [0, 0.1) is 39.4 Å². The average molecular weight is 374 g/mol. The minimum absolute atomic E-state index is 0.0930. The summed E-state index contributed by atoms with van der Waals surface area (Å²) in [4.78, 5) is 25.0. The summed E-state index contributed by atoms with van der Waals surface area (Å²) >= 11 is 0. The fourth-order valence-electron chi connectivity index (χ4n) is 6.98. The molecule has 1 aliphatic heterocycles. The first-order valence-corrected chi connectivity index (χ1v) is 10.7. The van der Waals surface area contributed by atoms with Crippen molar-refractivity contribution in [2.24, 2.45) is 28.1 Å². The van der Waals surface area contributed by atoms with Crippen molar-refractivity contribution < 1.29 is 14.3 Å². The van der Waals surface area contributed by atoms with Gasteiger partial charge in [-0.15, -0.1) is 0 Å². The van der Waals surface area contributed by atoms with E-state index in [9.17, 15) is 14.9 Å². The van der Waals surface area contributed by atoms with Crippen LogP contribution in [0.4, 0.5) is 0 Å². The number of nitrogens with zero attached hydrogens (tertiary/aromatic N) is 1. The standard InChI is InChI=1S/C23H35NO3/c1-6-23(15-27-22(23,5)16(2)25)21(4,11-7-13-24)18-10-12-20(3)17(14-18)8-9-19(20)26/h17-18H,6-12,14-15H2,1-5H3/t17?,18?,20?,21-,22-,23+/m1/s1. The third-order valence-corrected chi connectivity index (χ3v) is 9.39. The first-order valence-electron chi connectivity index (χ1n) is 10.7. The van der Waals surface area contributed by atoms with Crippen LogP contribution in [-0.2, 0) is 14.3 Å². The summed E-state index contributed by atoms with van der Waals surface area (Å²) in [5, 5.41) is 9.33. The first kappa shape index (κ1) is 20.5. The van der Waals surface area contributed by atoms with Crippen LogP contribution in [0.15, 0.2) is 0 Å². The third kappa shape index (κ3) is 2.57. The monoisotopic (exact) mass is 373 g/mol. The number of ketones is 2. The third-order valence-electron chi connectivity index (χ3n) is 9.39. The highest BCUT2D eigenvalue weighted by molar-refractivity contribution is 5.87. The van der Waals surface area contributed by atoms with E-state index in [0.29, 0.717) is 30.6 Å². The van der Waals surface area contributed by atoms with Gasteiger partial charge in [0.15, 0.2) is 5.78 Å². The van der Waals surface area contributed by atoms with Crippen LogP contribution in [0.3, 0.4) is 0 Å². The predicted octanol–water partition coefficient (Wildman–Crippen LogP) is 4.86. The predicted molar refractivity (Wildman–Crippen MR) is 104 cm³/mol. The van der Waals surface area contributed by atoms with E-state index in [2.05, 4.69) is 26.8 Å². The molecular weight excluding hydrogens is 338 g/mol. The molecule has 150 valence electrons. The Bertz CT molecular complexity index is 678. The van der Waals surface area contributed by atoms with Gasteiger partial charge in [0, 0.05) is 23.7 Å². The van der Waals surface area contributed by atoms with Crippen molar-refractivity contribution in [1.82, 2.24) is 0 Å². The van der Waals surface area contributed by atoms with Gasteiger partial charge in [-0.3, -0.25) is 9.59 Å². The zero-order valence-electron chi connectivity index (χ0n) is 17.7. The quantitative estimate of drug-likeness (QED) is 0.667. The topological polar surface area (TPSA) is 67.2 Å². The summed E-state index contributed by atoms with van der Waals surface area (Å²) in [7, 11) is 0. The summed E-state index contributed by atoms with van der Waals surface area (Å²) in [6, 6.07) is 2.34. The van der Waals surface area contributed by atoms with Crippen LogP contribution in [0.5, 0.6) is 0 Å². The number of hydrogen-bond donors (Lipinski definition) is 0. The molecule has 0 amide bonds. The summed E-state index contributed by atoms with van der Waals surface area (Å²) in [6.07, 6.45) is 6.89. The Balaban J connectivity index is 1.98. The molecule has 27 heavy (non-hydrogen) atoms. The Morgan fingerprint density at radius 1 is 1.37 bits per heavy atom. The maximum absolute atomic E-state index is 12.6. The number of rotatable bonds is 6. The highest BCUT2D eigenvalue weighted by atomic mass is 16.5. The Kier molecular flexibility index (Phi) is 5.09. The lowest BCUT2D eigenvalue weighted by Crippen LogP contribution is -2.72. The molecule has 2 aliphatic carbocycles. The van der Waals surface area contributed by atoms with Gasteiger partial charge in [0.2, 0.25) is 0 Å². The van der Waals surface area contributed by atoms with E-state index in [1.165, 1.54) is 0 Å². The van der Waals surface area contributed by atoms with Crippen LogP contribution in [0.25, 0.3) is 0 Å². The lowest BCUT2D eigenvalue weighted by Gasteiger charge is -2.67. The SMILES string of the molecule is CC[C@@]1([C@](C)(CCC#N)C2CCC3(C)C(=O)CCC3C2)CO[C@]1(C)C(C)=O. The number of carbonyl (C=O) groups excluding carboxylic acids is 2. The average Bonchev–Trinajstić information content (AvgIpc) is 2.93. The van der Waals surface area contributed by atoms with Crippen molar-refractivity contribution in [2.45, 2.75) is 91.6 Å². The van der Waals surface area contributed by atoms with Crippen LogP contribution in [-0.4, -0.2) is 23.8 Å². The first-order chi connectivity index (χ1) is 12.6. The molecule has 0 aromatic carbocycles. The van der Waals surface area contributed by atoms with Crippen molar-refractivity contribution in [3.05, 3.63) is 0 Å². The van der Waals surface area contributed by atoms with Gasteiger partial charge in [-0.1, -0.05) is 20.8 Å². The van der Waals surface area contributed by atoms with Crippen LogP contribution in [0.1, 0.15) is 86.0 Å². The van der Waals surface area contributed by atoms with Crippen LogP contribution < -0.4 is 0 Å². The van der Waals surface area contributed by atoms with Gasteiger partial charge in [-0.25, -0.2) is 0 Å². The van der Waals surface area contributed by atoms with E-state index in [1.54, 1.807) is 6.92 Å². The van der Waals surface area contributed by atoms with Gasteiger partial charge < -0.3 is 4.74 Å². The lowest BCUT2D eigenvalue weighted by atomic mass is 9.44. The highest BCUT2D eigenvalue weighted by Gasteiger charge is 2.69. The minimum atomic E-state index is -0.766. The molecule has 0 bridgehead atoms. The van der Waals surface area contributed by atoms with Gasteiger partial charge in [-0.2, -0.15) is 5.26 Å². The van der Waals surface area contributed by atoms with Crippen molar-refractivity contribution >= 4 is 11.6 Å². The molecule has 1 saturated heterocycles. The molecule has 0 spiro atoms. The zero-order chi connectivity index (χ0) is 20.1. The Labute approximate surface area is 164 Å². The molecule has 3 rings (SSSR count). The summed E-state index contributed by atoms with van der Waals surface area (Å²) in [6.45, 7) is 10.8. The maximum atomic E-state index is 12.6. The second kappa shape index (κ2) is 6.69. The number of Topliss-reactive ketones (excluding diaryl/α,β-unsaturated/α-hetero) is 2. The number of ether oxygens (including phenoxy) is 1. The van der Waals surface area contributed by atoms with Crippen molar-refractivity contribution in [1.29, 1.82) is 5.26 Å². The molecule has 0 N–H and O–H groups in total. The van der Waals surface area contributed by atoms with E-state index < -0.39 is 5.60 Å². The number of carbonyl (C=O) groups is 2. The fourth-order valence-corrected chi connectivity index (χ4v) is 6.98. The Morgan fingerprint density at radius 2 is 2.07 bits per heavy atom. The molecule has 6 atom stereocenters. The summed E-state index contributed by atoms with van der Waals surface area (Å²) in [5.74, 6) is 1.41. The normalized spacial score (nSPS) is 43.3. The van der Waals surface area contributed by atoms with Crippen molar-refractivity contribution in [3.8, 4) is 6.07 Å². The molecule has 0 aromatic rings. The highest BCUT2D eigenvalue weighted by Crippen LogP contribution is 2.67. The Morgan fingerprint density at radius 3 is 2.59 bits per heavy atom. The zero-order valence-corrected chi connectivity index (χ0v) is 17.7. The molecule has 0 aromatic heterocycles. The van der Waals surface area contributed by atoms with E-state index in [4.69, 9.17) is 4.74 Å². The van der Waals surface area contributed by atoms with Crippen LogP contribution >= 0.6 is 0 Å². The molecular formula is C23H35NO3. The van der Waals surface area contributed by atoms with E-state index in [-0.39, 0.29) is 22.0 Å². The van der Waals surface area contributed by atoms with E-state index in [0.717, 1.165) is 44.9 Å². The Hall–Kier alpha value is -1.21. The molecule has 4 heteroatoms. The second-order valence-corrected chi connectivity index (χ2v) is 9.94. The molecule has 0 radical (unpaired) electrons. The number of nitriles is 1. The van der Waals surface area contributed by atoms with Gasteiger partial charge in [-0.05, 0) is 69.6 Å². The molecule has 3 fully saturated rings. The second-order valence-electron chi connectivity index (χ2n) is 9.94. The molecule has 2 saturated carbocycles. The van der Waals surface area contributed by atoms with Crippen molar-refractivity contribution in [3.63, 3.8) is 0 Å². The summed E-state index contributed by atoms with van der Waals surface area (Å²) < 4.78 is 5.94. The van der Waals surface area contributed by atoms with Gasteiger partial charge >= 0.3 is 0 Å². The van der Waals surface area contributed by atoms with Crippen molar-refractivity contribution in [2.75, 3.05) is 6.61 Å². The van der Waals surface area contributed by atoms with Gasteiger partial charge in [0.1, 0.15) is 11.4 Å². The van der Waals surface area contributed by atoms with Crippen LogP contribution in [0.2, 0.25) is 0 Å². The molecule has 4 nitrogen and oxygen atoms in total. The molecule has 3 unspecified atom stereocenters. The van der Waals surface area contributed by atoms with E-state index >= 15 is 0 Å².